The average molecular weight is 508 g/mol. The summed E-state index contributed by atoms with van der Waals surface area (Å²) in [4.78, 5) is 20.9. The summed E-state index contributed by atoms with van der Waals surface area (Å²) in [5.74, 6) is -0.493. The number of benzene rings is 1. The van der Waals surface area contributed by atoms with Gasteiger partial charge in [-0.3, -0.25) is 0 Å². The van der Waals surface area contributed by atoms with Crippen LogP contribution in [0.25, 0.3) is 22.4 Å². The van der Waals surface area contributed by atoms with Crippen molar-refractivity contribution >= 4 is 17.1 Å². The zero-order valence-corrected chi connectivity index (χ0v) is 20.9. The summed E-state index contributed by atoms with van der Waals surface area (Å²) in [6, 6.07) is 3.45. The molecule has 4 aromatic rings. The van der Waals surface area contributed by atoms with Gasteiger partial charge < -0.3 is 14.4 Å². The number of hydrogen-bond acceptors (Lipinski definition) is 8. The Hall–Kier alpha value is -3.57. The van der Waals surface area contributed by atoms with Crippen LogP contribution in [0.5, 0.6) is 0 Å². The number of rotatable bonds is 6. The number of fused-ring (bicyclic) bond motifs is 1. The summed E-state index contributed by atoms with van der Waals surface area (Å²) >= 11 is 0. The van der Waals surface area contributed by atoms with Crippen molar-refractivity contribution in [3.63, 3.8) is 0 Å². The minimum atomic E-state index is -0.716. The van der Waals surface area contributed by atoms with E-state index in [4.69, 9.17) is 19.4 Å². The molecule has 2 fully saturated rings. The van der Waals surface area contributed by atoms with Crippen molar-refractivity contribution in [3.8, 4) is 11.3 Å². The first-order chi connectivity index (χ1) is 17.9. The van der Waals surface area contributed by atoms with Crippen molar-refractivity contribution in [1.82, 2.24) is 29.7 Å². The van der Waals surface area contributed by atoms with Gasteiger partial charge in [0.2, 0.25) is 5.95 Å². The normalized spacial score (nSPS) is 20.1. The summed E-state index contributed by atoms with van der Waals surface area (Å²) in [6.45, 7) is 5.12. The SMILES string of the molecule is COCn1cc([C@@H]2CN(c3nc(-c4ccc(F)cc4F)c4nc(C)c(C)nc4n3)C[C@@H](C3CC3)O2)cn1. The molecule has 0 N–H and O–H groups in total. The Kier molecular flexibility index (Phi) is 6.04. The number of ether oxygens (including phenoxy) is 2. The average Bonchev–Trinajstić information content (AvgIpc) is 3.63. The Labute approximate surface area is 212 Å². The number of hydrogen-bond donors (Lipinski definition) is 0. The maximum atomic E-state index is 14.9. The minimum absolute atomic E-state index is 0.000618. The van der Waals surface area contributed by atoms with Crippen LogP contribution in [0.1, 0.15) is 35.9 Å². The van der Waals surface area contributed by atoms with Crippen LogP contribution < -0.4 is 4.90 Å². The summed E-state index contributed by atoms with van der Waals surface area (Å²) in [7, 11) is 1.62. The molecule has 0 radical (unpaired) electrons. The molecule has 9 nitrogen and oxygen atoms in total. The van der Waals surface area contributed by atoms with E-state index in [1.165, 1.54) is 12.1 Å². The van der Waals surface area contributed by atoms with Crippen LogP contribution in [0.2, 0.25) is 0 Å². The molecular weight excluding hydrogens is 480 g/mol. The number of aromatic nitrogens is 6. The Morgan fingerprint density at radius 1 is 1.05 bits per heavy atom. The second kappa shape index (κ2) is 9.38. The lowest BCUT2D eigenvalue weighted by atomic mass is 10.1. The van der Waals surface area contributed by atoms with Crippen LogP contribution in [-0.2, 0) is 16.2 Å². The molecule has 11 heteroatoms. The molecule has 1 aliphatic heterocycles. The fourth-order valence-corrected chi connectivity index (χ4v) is 4.72. The number of nitrogens with zero attached hydrogens (tertiary/aromatic N) is 7. The lowest BCUT2D eigenvalue weighted by Crippen LogP contribution is -2.45. The summed E-state index contributed by atoms with van der Waals surface area (Å²) in [5.41, 5.74) is 3.53. The maximum Gasteiger partial charge on any atom is 0.228 e. The van der Waals surface area contributed by atoms with E-state index in [0.717, 1.165) is 30.2 Å². The fraction of sp³-hybridized carbons (Fsp3) is 0.423. The molecule has 4 heterocycles. The molecule has 0 bridgehead atoms. The van der Waals surface area contributed by atoms with E-state index in [1.54, 1.807) is 18.0 Å². The molecule has 1 aromatic carbocycles. The molecule has 37 heavy (non-hydrogen) atoms. The number of halogens is 2. The van der Waals surface area contributed by atoms with Crippen LogP contribution in [0, 0.1) is 31.4 Å². The fourth-order valence-electron chi connectivity index (χ4n) is 4.72. The van der Waals surface area contributed by atoms with E-state index in [1.807, 2.05) is 20.0 Å². The first-order valence-corrected chi connectivity index (χ1v) is 12.3. The highest BCUT2D eigenvalue weighted by atomic mass is 19.1. The highest BCUT2D eigenvalue weighted by Gasteiger charge is 2.40. The van der Waals surface area contributed by atoms with Gasteiger partial charge in [-0.25, -0.2) is 28.4 Å². The molecular formula is C26H27F2N7O2. The Morgan fingerprint density at radius 3 is 2.62 bits per heavy atom. The van der Waals surface area contributed by atoms with Crippen molar-refractivity contribution in [2.75, 3.05) is 25.1 Å². The Morgan fingerprint density at radius 2 is 1.86 bits per heavy atom. The second-order valence-corrected chi connectivity index (χ2v) is 9.70. The third-order valence-corrected chi connectivity index (χ3v) is 6.96. The minimum Gasteiger partial charge on any atom is -0.366 e. The summed E-state index contributed by atoms with van der Waals surface area (Å²) < 4.78 is 42.0. The number of aryl methyl sites for hydroxylation is 2. The first kappa shape index (κ1) is 23.8. The van der Waals surface area contributed by atoms with Crippen molar-refractivity contribution in [3.05, 3.63) is 59.2 Å². The standard InChI is InChI=1S/C26H27F2N7O2/c1-14-15(2)31-25-24(30-14)23(19-7-6-18(27)8-20(19)28)32-26(33-25)34-11-21(16-4-5-16)37-22(12-34)17-9-29-35(10-17)13-36-3/h6-10,16,21-22H,4-5,11-13H2,1-3H3/t21-,22-/m0/s1. The van der Waals surface area contributed by atoms with E-state index in [9.17, 15) is 8.78 Å². The van der Waals surface area contributed by atoms with Gasteiger partial charge in [-0.2, -0.15) is 10.1 Å². The van der Waals surface area contributed by atoms with Crippen LogP contribution in [0.15, 0.2) is 30.6 Å². The van der Waals surface area contributed by atoms with Crippen molar-refractivity contribution in [2.45, 2.75) is 45.6 Å². The molecule has 0 amide bonds. The predicted octanol–water partition coefficient (Wildman–Crippen LogP) is 4.14. The monoisotopic (exact) mass is 507 g/mol. The van der Waals surface area contributed by atoms with Crippen LogP contribution in [0.4, 0.5) is 14.7 Å². The molecule has 192 valence electrons. The maximum absolute atomic E-state index is 14.9. The molecule has 3 aromatic heterocycles. The zero-order valence-electron chi connectivity index (χ0n) is 20.9. The van der Waals surface area contributed by atoms with E-state index in [2.05, 4.69) is 20.0 Å². The van der Waals surface area contributed by atoms with Gasteiger partial charge in [0.25, 0.3) is 0 Å². The van der Waals surface area contributed by atoms with Crippen molar-refractivity contribution in [2.24, 2.45) is 5.92 Å². The van der Waals surface area contributed by atoms with Crippen LogP contribution in [-0.4, -0.2) is 56.0 Å². The largest absolute Gasteiger partial charge is 0.366 e. The Balaban J connectivity index is 1.44. The third-order valence-electron chi connectivity index (χ3n) is 6.96. The van der Waals surface area contributed by atoms with Crippen LogP contribution in [0.3, 0.4) is 0 Å². The lowest BCUT2D eigenvalue weighted by Gasteiger charge is -2.38. The van der Waals surface area contributed by atoms with E-state index >= 15 is 0 Å². The quantitative estimate of drug-likeness (QED) is 0.385. The van der Waals surface area contributed by atoms with Gasteiger partial charge in [-0.1, -0.05) is 0 Å². The second-order valence-electron chi connectivity index (χ2n) is 9.70. The number of anilines is 1. The topological polar surface area (TPSA) is 91.1 Å². The lowest BCUT2D eigenvalue weighted by molar-refractivity contribution is -0.0390. The van der Waals surface area contributed by atoms with Crippen molar-refractivity contribution < 1.29 is 18.3 Å². The van der Waals surface area contributed by atoms with E-state index in [0.29, 0.717) is 48.5 Å². The highest BCUT2D eigenvalue weighted by molar-refractivity contribution is 5.88. The molecule has 1 saturated heterocycles. The first-order valence-electron chi connectivity index (χ1n) is 12.3. The Bertz CT molecular complexity index is 1470. The van der Waals surface area contributed by atoms with Gasteiger partial charge in [0, 0.05) is 37.0 Å². The van der Waals surface area contributed by atoms with Gasteiger partial charge >= 0.3 is 0 Å². The number of methoxy groups -OCH3 is 1. The molecule has 1 saturated carbocycles. The highest BCUT2D eigenvalue weighted by Crippen LogP contribution is 2.40. The van der Waals surface area contributed by atoms with E-state index < -0.39 is 11.6 Å². The third kappa shape index (κ3) is 4.64. The van der Waals surface area contributed by atoms with E-state index in [-0.39, 0.29) is 23.5 Å². The van der Waals surface area contributed by atoms with Crippen LogP contribution >= 0.6 is 0 Å². The smallest absolute Gasteiger partial charge is 0.228 e. The zero-order chi connectivity index (χ0) is 25.7. The van der Waals surface area contributed by atoms with Gasteiger partial charge in [-0.05, 0) is 44.7 Å². The molecule has 2 aliphatic rings. The van der Waals surface area contributed by atoms with Gasteiger partial charge in [0.05, 0.1) is 30.2 Å². The number of morpholine rings is 1. The summed E-state index contributed by atoms with van der Waals surface area (Å²) in [6.07, 6.45) is 5.68. The van der Waals surface area contributed by atoms with Gasteiger partial charge in [-0.15, -0.1) is 0 Å². The predicted molar refractivity (Wildman–Crippen MR) is 132 cm³/mol. The molecule has 6 rings (SSSR count). The van der Waals surface area contributed by atoms with Gasteiger partial charge in [0.15, 0.2) is 5.65 Å². The summed E-state index contributed by atoms with van der Waals surface area (Å²) in [5, 5.41) is 4.37. The molecule has 0 unspecified atom stereocenters. The van der Waals surface area contributed by atoms with Gasteiger partial charge in [0.1, 0.15) is 35.7 Å². The molecule has 1 aliphatic carbocycles. The molecule has 0 spiro atoms. The molecule has 2 atom stereocenters. The van der Waals surface area contributed by atoms with Crippen molar-refractivity contribution in [1.29, 1.82) is 0 Å².